The first-order valence-corrected chi connectivity index (χ1v) is 13.9. The molecule has 6 heteroatoms. The van der Waals surface area contributed by atoms with Gasteiger partial charge in [0, 0.05) is 45.3 Å². The minimum absolute atomic E-state index is 0.106. The van der Waals surface area contributed by atoms with Gasteiger partial charge < -0.3 is 20.2 Å². The molecule has 0 amide bonds. The maximum absolute atomic E-state index is 9.64. The van der Waals surface area contributed by atoms with E-state index >= 15 is 0 Å². The number of fused-ring (bicyclic) bond motifs is 8. The van der Waals surface area contributed by atoms with E-state index in [1.165, 1.54) is 27.8 Å². The number of aromatic nitrogens is 4. The SMILES string of the molecule is CCC1=C(C)c2cc3[nH]c(cc4nc(c(C)c5cc(C)c(cc1n2)[nH]5)[C@@H](CCC(O)O)[C@@H]4C)c(C)c3CC. The number of H-pyrrole nitrogens is 2. The van der Waals surface area contributed by atoms with Gasteiger partial charge in [-0.1, -0.05) is 20.8 Å². The molecule has 0 spiro atoms. The highest BCUT2D eigenvalue weighted by Crippen LogP contribution is 2.42. The number of allylic oxidation sites excluding steroid dienone is 2. The van der Waals surface area contributed by atoms with E-state index < -0.39 is 6.29 Å². The minimum atomic E-state index is -1.32. The highest BCUT2D eigenvalue weighted by molar-refractivity contribution is 5.92. The van der Waals surface area contributed by atoms with Crippen LogP contribution in [0.2, 0.25) is 0 Å². The fourth-order valence-corrected chi connectivity index (χ4v) is 6.23. The van der Waals surface area contributed by atoms with Gasteiger partial charge >= 0.3 is 0 Å². The first kappa shape index (κ1) is 26.4. The van der Waals surface area contributed by atoms with Crippen molar-refractivity contribution in [3.05, 3.63) is 69.3 Å². The van der Waals surface area contributed by atoms with E-state index in [1.54, 1.807) is 0 Å². The molecule has 0 unspecified atom stereocenters. The second-order valence-electron chi connectivity index (χ2n) is 11.0. The van der Waals surface area contributed by atoms with Crippen LogP contribution in [0, 0.1) is 20.8 Å². The molecule has 0 fully saturated rings. The molecule has 5 rings (SSSR count). The summed E-state index contributed by atoms with van der Waals surface area (Å²) in [6.45, 7) is 15.2. The van der Waals surface area contributed by atoms with Crippen LogP contribution in [0.25, 0.3) is 33.2 Å². The quantitative estimate of drug-likeness (QED) is 0.274. The summed E-state index contributed by atoms with van der Waals surface area (Å²) < 4.78 is 0. The zero-order chi connectivity index (χ0) is 27.3. The van der Waals surface area contributed by atoms with Gasteiger partial charge in [0.15, 0.2) is 6.29 Å². The molecule has 38 heavy (non-hydrogen) atoms. The second kappa shape index (κ2) is 10.2. The van der Waals surface area contributed by atoms with Crippen molar-refractivity contribution in [1.29, 1.82) is 0 Å². The van der Waals surface area contributed by atoms with Crippen molar-refractivity contribution in [2.75, 3.05) is 0 Å². The number of nitrogens with zero attached hydrogens (tertiary/aromatic N) is 2. The van der Waals surface area contributed by atoms with E-state index in [-0.39, 0.29) is 11.8 Å². The van der Waals surface area contributed by atoms with Crippen LogP contribution in [-0.2, 0) is 6.42 Å². The Morgan fingerprint density at radius 1 is 0.816 bits per heavy atom. The molecular formula is C32H40N4O2. The van der Waals surface area contributed by atoms with Gasteiger partial charge in [-0.05, 0) is 111 Å². The minimum Gasteiger partial charge on any atom is -0.368 e. The average Bonchev–Trinajstić information content (AvgIpc) is 3.57. The molecule has 0 radical (unpaired) electrons. The molecular weight excluding hydrogens is 472 g/mol. The smallest absolute Gasteiger partial charge is 0.151 e. The third-order valence-corrected chi connectivity index (χ3v) is 8.65. The Kier molecular flexibility index (Phi) is 7.05. The number of aliphatic hydroxyl groups excluding tert-OH is 1. The first-order chi connectivity index (χ1) is 18.1. The molecule has 2 aliphatic rings. The third kappa shape index (κ3) is 4.50. The molecule has 2 atom stereocenters. The lowest BCUT2D eigenvalue weighted by molar-refractivity contribution is -0.0476. The summed E-state index contributed by atoms with van der Waals surface area (Å²) in [5.41, 5.74) is 15.7. The molecule has 0 saturated heterocycles. The second-order valence-corrected chi connectivity index (χ2v) is 11.0. The summed E-state index contributed by atoms with van der Waals surface area (Å²) in [5.74, 6) is 0.264. The summed E-state index contributed by atoms with van der Waals surface area (Å²) in [7, 11) is 0. The van der Waals surface area contributed by atoms with Crippen LogP contribution in [0.1, 0.15) is 104 Å². The van der Waals surface area contributed by atoms with E-state index in [2.05, 4.69) is 82.7 Å². The number of hydrogen-bond acceptors (Lipinski definition) is 4. The van der Waals surface area contributed by atoms with Crippen molar-refractivity contribution in [2.24, 2.45) is 0 Å². The van der Waals surface area contributed by atoms with E-state index in [0.717, 1.165) is 63.2 Å². The first-order valence-electron chi connectivity index (χ1n) is 13.9. The lowest BCUT2D eigenvalue weighted by Gasteiger charge is -2.17. The lowest BCUT2D eigenvalue weighted by atomic mass is 9.86. The van der Waals surface area contributed by atoms with Crippen LogP contribution in [0.4, 0.5) is 0 Å². The molecule has 0 saturated carbocycles. The van der Waals surface area contributed by atoms with E-state index in [0.29, 0.717) is 12.8 Å². The maximum Gasteiger partial charge on any atom is 0.151 e. The normalized spacial score (nSPS) is 17.6. The van der Waals surface area contributed by atoms with Crippen LogP contribution in [0.3, 0.4) is 0 Å². The zero-order valence-corrected chi connectivity index (χ0v) is 23.7. The van der Waals surface area contributed by atoms with Crippen LogP contribution < -0.4 is 0 Å². The molecule has 2 aliphatic heterocycles. The van der Waals surface area contributed by atoms with Crippen molar-refractivity contribution in [1.82, 2.24) is 19.9 Å². The van der Waals surface area contributed by atoms with Crippen molar-refractivity contribution in [2.45, 2.75) is 92.3 Å². The van der Waals surface area contributed by atoms with Gasteiger partial charge in [-0.15, -0.1) is 0 Å². The van der Waals surface area contributed by atoms with Gasteiger partial charge in [-0.2, -0.15) is 0 Å². The molecule has 3 aromatic rings. The van der Waals surface area contributed by atoms with Crippen molar-refractivity contribution in [3.8, 4) is 0 Å². The van der Waals surface area contributed by atoms with Crippen molar-refractivity contribution in [3.63, 3.8) is 0 Å². The summed E-state index contributed by atoms with van der Waals surface area (Å²) in [5, 5.41) is 19.3. The Balaban J connectivity index is 1.90. The number of hydrogen-bond donors (Lipinski definition) is 4. The van der Waals surface area contributed by atoms with E-state index in [1.807, 2.05) is 0 Å². The molecule has 0 aromatic carbocycles. The number of nitrogens with one attached hydrogen (secondary N) is 2. The Hall–Kier alpha value is -3.22. The molecule has 4 N–H and O–H groups in total. The molecule has 5 heterocycles. The van der Waals surface area contributed by atoms with Gasteiger partial charge in [0.2, 0.25) is 0 Å². The lowest BCUT2D eigenvalue weighted by Crippen LogP contribution is -2.10. The highest BCUT2D eigenvalue weighted by Gasteiger charge is 2.30. The van der Waals surface area contributed by atoms with Gasteiger partial charge in [-0.25, -0.2) is 4.98 Å². The third-order valence-electron chi connectivity index (χ3n) is 8.65. The van der Waals surface area contributed by atoms with Crippen LogP contribution >= 0.6 is 0 Å². The Morgan fingerprint density at radius 2 is 1.50 bits per heavy atom. The number of aliphatic hydroxyl groups is 2. The average molecular weight is 513 g/mol. The van der Waals surface area contributed by atoms with Crippen LogP contribution in [0.15, 0.2) is 24.3 Å². The van der Waals surface area contributed by atoms with Crippen molar-refractivity contribution < 1.29 is 10.2 Å². The molecule has 8 bridgehead atoms. The number of aromatic amines is 2. The Bertz CT molecular complexity index is 1590. The molecule has 0 aliphatic carbocycles. The van der Waals surface area contributed by atoms with E-state index in [9.17, 15) is 10.2 Å². The largest absolute Gasteiger partial charge is 0.368 e. The molecule has 200 valence electrons. The van der Waals surface area contributed by atoms with Crippen LogP contribution in [-0.4, -0.2) is 36.4 Å². The van der Waals surface area contributed by atoms with Gasteiger partial charge in [0.05, 0.1) is 11.4 Å². The summed E-state index contributed by atoms with van der Waals surface area (Å²) >= 11 is 0. The fraction of sp³-hybridized carbons (Fsp3) is 0.438. The van der Waals surface area contributed by atoms with Gasteiger partial charge in [-0.3, -0.25) is 4.98 Å². The predicted molar refractivity (Wildman–Crippen MR) is 156 cm³/mol. The monoisotopic (exact) mass is 512 g/mol. The topological polar surface area (TPSA) is 97.8 Å². The van der Waals surface area contributed by atoms with Crippen molar-refractivity contribution >= 4 is 33.2 Å². The predicted octanol–water partition coefficient (Wildman–Crippen LogP) is 7.12. The van der Waals surface area contributed by atoms with Gasteiger partial charge in [0.25, 0.3) is 0 Å². The Labute approximate surface area is 224 Å². The fourth-order valence-electron chi connectivity index (χ4n) is 6.23. The zero-order valence-electron chi connectivity index (χ0n) is 23.7. The summed E-state index contributed by atoms with van der Waals surface area (Å²) in [4.78, 5) is 17.6. The number of aryl methyl sites for hydroxylation is 4. The molecule has 6 nitrogen and oxygen atoms in total. The maximum atomic E-state index is 9.64. The number of rotatable bonds is 5. The highest BCUT2D eigenvalue weighted by atomic mass is 16.5. The van der Waals surface area contributed by atoms with Gasteiger partial charge in [0.1, 0.15) is 0 Å². The van der Waals surface area contributed by atoms with E-state index in [4.69, 9.17) is 9.97 Å². The summed E-state index contributed by atoms with van der Waals surface area (Å²) in [6.07, 6.45) is 1.51. The standard InChI is InChI=1S/C32H40N4O2/c1-8-21-18(5)27-15-30-22(9-2)17(4)26(34-30)14-28-19(6)23(10-11-31(37)38)32(36-28)20(7)25-12-16(3)24(33-25)13-29(21)35-27/h12-15,19,23,31,33-34,37-38H,8-11H2,1-7H3/t19-,23-/m0/s1. The summed E-state index contributed by atoms with van der Waals surface area (Å²) in [6, 6.07) is 8.76. The van der Waals surface area contributed by atoms with Crippen LogP contribution in [0.5, 0.6) is 0 Å². The molecule has 3 aromatic heterocycles. The Morgan fingerprint density at radius 3 is 2.18 bits per heavy atom.